The molecule has 0 radical (unpaired) electrons. The van der Waals surface area contributed by atoms with Gasteiger partial charge in [-0.15, -0.1) is 5.10 Å². The molecule has 11 nitrogen and oxygen atoms in total. The lowest BCUT2D eigenvalue weighted by Gasteiger charge is -2.33. The number of likely N-dealkylation sites (tertiary alicyclic amines) is 1. The third-order valence-electron chi connectivity index (χ3n) is 6.90. The Balaban J connectivity index is 0.000000532. The summed E-state index contributed by atoms with van der Waals surface area (Å²) < 4.78 is 38.7. The molecule has 0 spiro atoms. The number of benzene rings is 1. The van der Waals surface area contributed by atoms with E-state index in [4.69, 9.17) is 14.6 Å². The number of methoxy groups -OCH3 is 1. The van der Waals surface area contributed by atoms with Crippen molar-refractivity contribution in [1.29, 1.82) is 0 Å². The molecule has 0 bridgehead atoms. The van der Waals surface area contributed by atoms with Crippen LogP contribution in [0.25, 0.3) is 0 Å². The van der Waals surface area contributed by atoms with Gasteiger partial charge >= 0.3 is 18.1 Å². The van der Waals surface area contributed by atoms with Crippen molar-refractivity contribution in [1.82, 2.24) is 25.2 Å². The predicted octanol–water partition coefficient (Wildman–Crippen LogP) is 2.55. The molecule has 1 unspecified atom stereocenters. The summed E-state index contributed by atoms with van der Waals surface area (Å²) in [5.41, 5.74) is 0.874. The maximum atomic E-state index is 12.7. The average Bonchev–Trinajstić information content (AvgIpc) is 3.66. The molecule has 1 aromatic carbocycles. The third-order valence-corrected chi connectivity index (χ3v) is 6.90. The highest BCUT2D eigenvalue weighted by Gasteiger charge is 2.49. The second-order valence-electron chi connectivity index (χ2n) is 9.88. The van der Waals surface area contributed by atoms with E-state index in [9.17, 15) is 27.9 Å². The van der Waals surface area contributed by atoms with Gasteiger partial charge in [-0.05, 0) is 69.3 Å². The van der Waals surface area contributed by atoms with Crippen LogP contribution in [0, 0.1) is 11.8 Å². The fourth-order valence-electron chi connectivity index (χ4n) is 4.34. The normalized spacial score (nSPS) is 17.9. The van der Waals surface area contributed by atoms with E-state index in [0.29, 0.717) is 25.9 Å². The van der Waals surface area contributed by atoms with Crippen LogP contribution in [-0.2, 0) is 27.5 Å². The SMILES string of the molecule is COc1ccc(Cn2cc(CN3CCC(C(=O)NC(C)(C(=O)O)C4CC4)CC3)nn2)cc1.O=C(O)C(F)(F)F. The highest BCUT2D eigenvalue weighted by molar-refractivity contribution is 5.88. The van der Waals surface area contributed by atoms with Gasteiger partial charge in [0.15, 0.2) is 0 Å². The molecule has 1 saturated heterocycles. The summed E-state index contributed by atoms with van der Waals surface area (Å²) in [5.74, 6) is -3.10. The number of nitrogens with one attached hydrogen (secondary N) is 1. The van der Waals surface area contributed by atoms with Crippen LogP contribution in [0.3, 0.4) is 0 Å². The van der Waals surface area contributed by atoms with Crippen LogP contribution in [0.2, 0.25) is 0 Å². The van der Waals surface area contributed by atoms with E-state index >= 15 is 0 Å². The van der Waals surface area contributed by atoms with Crippen molar-refractivity contribution < 1.29 is 42.5 Å². The lowest BCUT2D eigenvalue weighted by molar-refractivity contribution is -0.192. The molecular weight excluding hydrogens is 523 g/mol. The highest BCUT2D eigenvalue weighted by Crippen LogP contribution is 2.40. The van der Waals surface area contributed by atoms with Crippen LogP contribution in [0.1, 0.15) is 43.9 Å². The number of nitrogens with zero attached hydrogens (tertiary/aromatic N) is 4. The Labute approximate surface area is 222 Å². The molecule has 2 aromatic rings. The summed E-state index contributed by atoms with van der Waals surface area (Å²) in [4.78, 5) is 35.5. The van der Waals surface area contributed by atoms with Gasteiger partial charge in [-0.25, -0.2) is 14.3 Å². The predicted molar refractivity (Wildman–Crippen MR) is 131 cm³/mol. The van der Waals surface area contributed by atoms with Crippen LogP contribution < -0.4 is 10.1 Å². The number of alkyl halides is 3. The van der Waals surface area contributed by atoms with E-state index in [1.807, 2.05) is 35.1 Å². The molecule has 39 heavy (non-hydrogen) atoms. The average molecular weight is 556 g/mol. The maximum Gasteiger partial charge on any atom is 0.490 e. The molecule has 14 heteroatoms. The Bertz CT molecular complexity index is 1140. The Hall–Kier alpha value is -3.68. The summed E-state index contributed by atoms with van der Waals surface area (Å²) in [5, 5.41) is 28.1. The Morgan fingerprint density at radius 1 is 1.03 bits per heavy atom. The van der Waals surface area contributed by atoms with Crippen molar-refractivity contribution in [2.45, 2.75) is 57.4 Å². The number of halogens is 3. The molecule has 4 rings (SSSR count). The van der Waals surface area contributed by atoms with Crippen LogP contribution >= 0.6 is 0 Å². The minimum absolute atomic E-state index is 0.0459. The monoisotopic (exact) mass is 555 g/mol. The number of carboxylic acids is 2. The fraction of sp³-hybridized carbons (Fsp3) is 0.560. The number of hydrogen-bond donors (Lipinski definition) is 3. The number of piperidine rings is 1. The van der Waals surface area contributed by atoms with Gasteiger partial charge in [0.1, 0.15) is 11.3 Å². The number of rotatable bonds is 9. The second kappa shape index (κ2) is 12.5. The van der Waals surface area contributed by atoms with Gasteiger partial charge in [-0.1, -0.05) is 17.3 Å². The molecule has 1 aliphatic heterocycles. The first-order valence-corrected chi connectivity index (χ1v) is 12.4. The van der Waals surface area contributed by atoms with Gasteiger partial charge in [0.2, 0.25) is 5.91 Å². The number of carbonyl (C=O) groups is 3. The molecule has 1 aromatic heterocycles. The zero-order chi connectivity index (χ0) is 28.8. The lowest BCUT2D eigenvalue weighted by Crippen LogP contribution is -2.56. The Morgan fingerprint density at radius 2 is 1.62 bits per heavy atom. The first kappa shape index (κ1) is 29.9. The second-order valence-corrected chi connectivity index (χ2v) is 9.88. The Kier molecular flexibility index (Phi) is 9.54. The van der Waals surface area contributed by atoms with Gasteiger partial charge in [0, 0.05) is 12.5 Å². The van der Waals surface area contributed by atoms with Crippen LogP contribution in [-0.4, -0.2) is 79.9 Å². The van der Waals surface area contributed by atoms with E-state index < -0.39 is 23.7 Å². The van der Waals surface area contributed by atoms with Gasteiger partial charge in [-0.2, -0.15) is 13.2 Å². The Morgan fingerprint density at radius 3 is 2.10 bits per heavy atom. The summed E-state index contributed by atoms with van der Waals surface area (Å²) >= 11 is 0. The number of ether oxygens (including phenoxy) is 1. The molecule has 1 amide bonds. The number of carboxylic acid groups (broad SMARTS) is 2. The van der Waals surface area contributed by atoms with Crippen LogP contribution in [0.5, 0.6) is 5.75 Å². The standard InChI is InChI=1S/C23H31N5O4.C2HF3O2/c1-23(22(30)31,18-5-6-18)24-21(29)17-9-11-27(12-10-17)14-19-15-28(26-25-19)13-16-3-7-20(32-2)8-4-16;3-2(4,5)1(6)7/h3-4,7-8,15,17-18H,5-6,9-14H2,1-2H3,(H,24,29)(H,30,31);(H,6,7). The van der Waals surface area contributed by atoms with Crippen molar-refractivity contribution in [3.63, 3.8) is 0 Å². The molecule has 1 aliphatic carbocycles. The number of aromatic nitrogens is 3. The fourth-order valence-corrected chi connectivity index (χ4v) is 4.34. The van der Waals surface area contributed by atoms with Crippen molar-refractivity contribution in [3.05, 3.63) is 41.7 Å². The number of amides is 1. The van der Waals surface area contributed by atoms with E-state index in [1.165, 1.54) is 0 Å². The summed E-state index contributed by atoms with van der Waals surface area (Å²) in [6.07, 6.45) is 0.0245. The minimum atomic E-state index is -5.08. The van der Waals surface area contributed by atoms with Gasteiger partial charge < -0.3 is 20.3 Å². The van der Waals surface area contributed by atoms with Crippen LogP contribution in [0.15, 0.2) is 30.5 Å². The number of hydrogen-bond acceptors (Lipinski definition) is 7. The molecule has 214 valence electrons. The lowest BCUT2D eigenvalue weighted by atomic mass is 9.91. The van der Waals surface area contributed by atoms with Gasteiger partial charge in [0.05, 0.1) is 25.5 Å². The first-order chi connectivity index (χ1) is 18.3. The molecule has 2 fully saturated rings. The summed E-state index contributed by atoms with van der Waals surface area (Å²) in [6, 6.07) is 7.87. The summed E-state index contributed by atoms with van der Waals surface area (Å²) in [7, 11) is 1.65. The quantitative estimate of drug-likeness (QED) is 0.425. The van der Waals surface area contributed by atoms with Gasteiger partial charge in [-0.3, -0.25) is 9.69 Å². The van der Waals surface area contributed by atoms with E-state index in [1.54, 1.807) is 14.0 Å². The summed E-state index contributed by atoms with van der Waals surface area (Å²) in [6.45, 7) is 4.51. The highest BCUT2D eigenvalue weighted by atomic mass is 19.4. The van der Waals surface area contributed by atoms with Crippen molar-refractivity contribution in [3.8, 4) is 5.75 Å². The maximum absolute atomic E-state index is 12.7. The number of carbonyl (C=O) groups excluding carboxylic acids is 1. The molecule has 1 atom stereocenters. The molecular formula is C25H32F3N5O6. The zero-order valence-corrected chi connectivity index (χ0v) is 21.6. The molecule has 2 aliphatic rings. The van der Waals surface area contributed by atoms with E-state index in [2.05, 4.69) is 20.5 Å². The molecule has 1 saturated carbocycles. The minimum Gasteiger partial charge on any atom is -0.497 e. The van der Waals surface area contributed by atoms with Crippen LogP contribution in [0.4, 0.5) is 13.2 Å². The van der Waals surface area contributed by atoms with E-state index in [0.717, 1.165) is 42.9 Å². The third kappa shape index (κ3) is 8.40. The topological polar surface area (TPSA) is 147 Å². The zero-order valence-electron chi connectivity index (χ0n) is 21.6. The van der Waals surface area contributed by atoms with Crippen molar-refractivity contribution in [2.75, 3.05) is 20.2 Å². The number of aliphatic carboxylic acids is 2. The first-order valence-electron chi connectivity index (χ1n) is 12.4. The van der Waals surface area contributed by atoms with Gasteiger partial charge in [0.25, 0.3) is 0 Å². The molecule has 3 N–H and O–H groups in total. The largest absolute Gasteiger partial charge is 0.497 e. The van der Waals surface area contributed by atoms with Crippen molar-refractivity contribution in [2.24, 2.45) is 11.8 Å². The molecule has 2 heterocycles. The van der Waals surface area contributed by atoms with E-state index in [-0.39, 0.29) is 17.7 Å². The smallest absolute Gasteiger partial charge is 0.490 e. The van der Waals surface area contributed by atoms with Crippen molar-refractivity contribution >= 4 is 17.8 Å².